The summed E-state index contributed by atoms with van der Waals surface area (Å²) in [5.74, 6) is 2.40. The first kappa shape index (κ1) is 23.3. The summed E-state index contributed by atoms with van der Waals surface area (Å²) in [6, 6.07) is 5.66. The monoisotopic (exact) mass is 440 g/mol. The molecule has 3 aromatic rings. The highest BCUT2D eigenvalue weighted by atomic mass is 16.5. The number of rotatable bonds is 9. The molecular formula is C23H32N6O3. The molecule has 9 heteroatoms. The topological polar surface area (TPSA) is 95.6 Å². The molecule has 2 heterocycles. The summed E-state index contributed by atoms with van der Waals surface area (Å²) in [6.45, 7) is 5.78. The summed E-state index contributed by atoms with van der Waals surface area (Å²) in [7, 11) is 9.21. The number of aromatic amines is 1. The van der Waals surface area contributed by atoms with Crippen molar-refractivity contribution in [3.63, 3.8) is 0 Å². The Balaban J connectivity index is 2.06. The van der Waals surface area contributed by atoms with Gasteiger partial charge in [-0.25, -0.2) is 4.98 Å². The second kappa shape index (κ2) is 9.86. The van der Waals surface area contributed by atoms with E-state index in [-0.39, 0.29) is 5.56 Å². The van der Waals surface area contributed by atoms with E-state index in [0.29, 0.717) is 35.4 Å². The van der Waals surface area contributed by atoms with Crippen LogP contribution >= 0.6 is 0 Å². The fraction of sp³-hybridized carbons (Fsp3) is 0.435. The Bertz CT molecular complexity index is 1160. The van der Waals surface area contributed by atoms with Crippen LogP contribution in [-0.4, -0.2) is 68.3 Å². The number of benzene rings is 1. The van der Waals surface area contributed by atoms with Crippen LogP contribution < -0.4 is 25.2 Å². The third-order valence-corrected chi connectivity index (χ3v) is 5.34. The van der Waals surface area contributed by atoms with Crippen LogP contribution in [0.4, 0.5) is 11.8 Å². The molecule has 0 aliphatic carbocycles. The van der Waals surface area contributed by atoms with Gasteiger partial charge in [0.15, 0.2) is 11.5 Å². The summed E-state index contributed by atoms with van der Waals surface area (Å²) < 4.78 is 10.9. The number of H-pyrrole nitrogens is 1. The van der Waals surface area contributed by atoms with Crippen molar-refractivity contribution in [2.75, 3.05) is 58.7 Å². The van der Waals surface area contributed by atoms with Gasteiger partial charge < -0.3 is 29.6 Å². The Morgan fingerprint density at radius 3 is 2.31 bits per heavy atom. The molecule has 3 rings (SSSR count). The van der Waals surface area contributed by atoms with Crippen LogP contribution in [0.25, 0.3) is 10.9 Å². The molecule has 0 fully saturated rings. The van der Waals surface area contributed by atoms with E-state index in [9.17, 15) is 4.79 Å². The number of aromatic nitrogens is 3. The zero-order valence-corrected chi connectivity index (χ0v) is 19.9. The molecule has 0 unspecified atom stereocenters. The minimum Gasteiger partial charge on any atom is -0.493 e. The van der Waals surface area contributed by atoms with E-state index >= 15 is 0 Å². The number of fused-ring (bicyclic) bond motifs is 1. The molecule has 2 N–H and O–H groups in total. The van der Waals surface area contributed by atoms with Gasteiger partial charge in [0, 0.05) is 49.4 Å². The molecule has 0 atom stereocenters. The summed E-state index contributed by atoms with van der Waals surface area (Å²) in [5.41, 5.74) is 3.06. The average molecular weight is 441 g/mol. The molecule has 0 bridgehead atoms. The fourth-order valence-corrected chi connectivity index (χ4v) is 3.47. The minimum absolute atomic E-state index is 0.101. The Morgan fingerprint density at radius 1 is 1.00 bits per heavy atom. The van der Waals surface area contributed by atoms with E-state index in [4.69, 9.17) is 19.4 Å². The molecule has 0 spiro atoms. The van der Waals surface area contributed by atoms with Gasteiger partial charge in [0.1, 0.15) is 5.82 Å². The van der Waals surface area contributed by atoms with E-state index < -0.39 is 0 Å². The molecule has 0 saturated heterocycles. The summed E-state index contributed by atoms with van der Waals surface area (Å²) in [4.78, 5) is 29.0. The summed E-state index contributed by atoms with van der Waals surface area (Å²) >= 11 is 0. The standard InChI is InChI=1S/C23H32N6O3/c1-14-10-15(2)25-22(30)17(14)13-24-21-16-11-19(31-6)20(32-7)12-18(16)26-23(27-21)29(5)9-8-28(3)4/h10-12H,8-9,13H2,1-7H3,(H,25,30)(H,24,26,27). The van der Waals surface area contributed by atoms with Crippen molar-refractivity contribution in [3.8, 4) is 11.5 Å². The maximum Gasteiger partial charge on any atom is 0.253 e. The Hall–Kier alpha value is -3.33. The highest BCUT2D eigenvalue weighted by Crippen LogP contribution is 2.35. The predicted molar refractivity (Wildman–Crippen MR) is 128 cm³/mol. The zero-order valence-electron chi connectivity index (χ0n) is 19.9. The maximum absolute atomic E-state index is 12.5. The molecule has 1 aromatic carbocycles. The predicted octanol–water partition coefficient (Wildman–Crippen LogP) is 2.56. The maximum atomic E-state index is 12.5. The SMILES string of the molecule is COc1cc2nc(N(C)CCN(C)C)nc(NCc3c(C)cc(C)[nH]c3=O)c2cc1OC. The number of anilines is 2. The van der Waals surface area contributed by atoms with Crippen molar-refractivity contribution in [1.82, 2.24) is 19.9 Å². The van der Waals surface area contributed by atoms with E-state index in [1.165, 1.54) is 0 Å². The third kappa shape index (κ3) is 5.11. The van der Waals surface area contributed by atoms with Crippen LogP contribution in [0.5, 0.6) is 11.5 Å². The van der Waals surface area contributed by atoms with Gasteiger partial charge >= 0.3 is 0 Å². The Morgan fingerprint density at radius 2 is 1.69 bits per heavy atom. The number of likely N-dealkylation sites (N-methyl/N-ethyl adjacent to an activating group) is 2. The smallest absolute Gasteiger partial charge is 0.253 e. The fourth-order valence-electron chi connectivity index (χ4n) is 3.47. The van der Waals surface area contributed by atoms with Gasteiger partial charge in [-0.1, -0.05) is 0 Å². The Labute approximate surface area is 188 Å². The number of aryl methyl sites for hydroxylation is 2. The average Bonchev–Trinajstić information content (AvgIpc) is 2.75. The second-order valence-electron chi connectivity index (χ2n) is 8.12. The lowest BCUT2D eigenvalue weighted by atomic mass is 10.1. The van der Waals surface area contributed by atoms with Gasteiger partial charge in [-0.2, -0.15) is 4.98 Å². The van der Waals surface area contributed by atoms with Gasteiger partial charge in [0.2, 0.25) is 5.95 Å². The number of ether oxygens (including phenoxy) is 2. The van der Waals surface area contributed by atoms with Gasteiger partial charge in [-0.05, 0) is 45.6 Å². The van der Waals surface area contributed by atoms with Gasteiger partial charge in [-0.3, -0.25) is 4.79 Å². The lowest BCUT2D eigenvalue weighted by Gasteiger charge is -2.21. The van der Waals surface area contributed by atoms with Crippen LogP contribution in [0, 0.1) is 13.8 Å². The van der Waals surface area contributed by atoms with Gasteiger partial charge in [0.25, 0.3) is 5.56 Å². The van der Waals surface area contributed by atoms with E-state index in [2.05, 4.69) is 15.2 Å². The zero-order chi connectivity index (χ0) is 23.4. The van der Waals surface area contributed by atoms with E-state index in [1.807, 2.05) is 58.1 Å². The van der Waals surface area contributed by atoms with Crippen molar-refractivity contribution in [1.29, 1.82) is 0 Å². The lowest BCUT2D eigenvalue weighted by molar-refractivity contribution is 0.356. The van der Waals surface area contributed by atoms with Crippen molar-refractivity contribution < 1.29 is 9.47 Å². The number of nitrogens with zero attached hydrogens (tertiary/aromatic N) is 4. The van der Waals surface area contributed by atoms with Crippen molar-refractivity contribution in [3.05, 3.63) is 45.4 Å². The number of hydrogen-bond donors (Lipinski definition) is 2. The number of nitrogens with one attached hydrogen (secondary N) is 2. The normalized spacial score (nSPS) is 11.1. The number of methoxy groups -OCH3 is 2. The molecule has 0 saturated carbocycles. The largest absolute Gasteiger partial charge is 0.493 e. The molecule has 172 valence electrons. The van der Waals surface area contributed by atoms with Crippen LogP contribution in [0.3, 0.4) is 0 Å². The molecule has 2 aromatic heterocycles. The van der Waals surface area contributed by atoms with Crippen LogP contribution in [0.15, 0.2) is 23.0 Å². The molecule has 9 nitrogen and oxygen atoms in total. The van der Waals surface area contributed by atoms with Gasteiger partial charge in [-0.15, -0.1) is 0 Å². The van der Waals surface area contributed by atoms with E-state index in [1.54, 1.807) is 14.2 Å². The molecule has 0 aliphatic rings. The number of hydrogen-bond acceptors (Lipinski definition) is 8. The third-order valence-electron chi connectivity index (χ3n) is 5.34. The van der Waals surface area contributed by atoms with Crippen molar-refractivity contribution in [2.45, 2.75) is 20.4 Å². The minimum atomic E-state index is -0.101. The van der Waals surface area contributed by atoms with Gasteiger partial charge in [0.05, 0.1) is 19.7 Å². The molecule has 0 radical (unpaired) electrons. The molecule has 32 heavy (non-hydrogen) atoms. The van der Waals surface area contributed by atoms with Crippen LogP contribution in [0.2, 0.25) is 0 Å². The van der Waals surface area contributed by atoms with Crippen molar-refractivity contribution >= 4 is 22.7 Å². The molecule has 0 amide bonds. The van der Waals surface area contributed by atoms with Crippen molar-refractivity contribution in [2.24, 2.45) is 0 Å². The summed E-state index contributed by atoms with van der Waals surface area (Å²) in [5, 5.41) is 4.14. The van der Waals surface area contributed by atoms with Crippen LogP contribution in [-0.2, 0) is 6.54 Å². The van der Waals surface area contributed by atoms with E-state index in [0.717, 1.165) is 35.2 Å². The number of pyridine rings is 1. The highest BCUT2D eigenvalue weighted by molar-refractivity contribution is 5.92. The second-order valence-corrected chi connectivity index (χ2v) is 8.12. The van der Waals surface area contributed by atoms with Crippen LogP contribution in [0.1, 0.15) is 16.8 Å². The first-order valence-corrected chi connectivity index (χ1v) is 10.5. The lowest BCUT2D eigenvalue weighted by Crippen LogP contribution is -2.29. The first-order chi connectivity index (χ1) is 15.2. The molecule has 0 aliphatic heterocycles. The Kier molecular flexibility index (Phi) is 7.19. The molecular weight excluding hydrogens is 408 g/mol. The highest BCUT2D eigenvalue weighted by Gasteiger charge is 2.16. The first-order valence-electron chi connectivity index (χ1n) is 10.5. The summed E-state index contributed by atoms with van der Waals surface area (Å²) in [6.07, 6.45) is 0. The quantitative estimate of drug-likeness (QED) is 0.524.